The fourth-order valence-electron chi connectivity index (χ4n) is 5.08. The summed E-state index contributed by atoms with van der Waals surface area (Å²) >= 11 is 0. The van der Waals surface area contributed by atoms with Gasteiger partial charge >= 0.3 is 6.03 Å². The highest BCUT2D eigenvalue weighted by atomic mass is 16.5. The molecule has 0 radical (unpaired) electrons. The number of nitrogens with one attached hydrogen (secondary N) is 2. The molecule has 2 atom stereocenters. The molecule has 38 heavy (non-hydrogen) atoms. The summed E-state index contributed by atoms with van der Waals surface area (Å²) in [6, 6.07) is 12.1. The Labute approximate surface area is 222 Å². The van der Waals surface area contributed by atoms with Gasteiger partial charge in [-0.3, -0.25) is 4.79 Å². The largest absolute Gasteiger partial charge is 0.497 e. The van der Waals surface area contributed by atoms with Crippen LogP contribution in [0, 0.1) is 12.8 Å². The zero-order valence-electron chi connectivity index (χ0n) is 22.6. The Morgan fingerprint density at radius 3 is 2.71 bits per heavy atom. The number of hydrogen-bond donors (Lipinski definition) is 2. The first-order valence-corrected chi connectivity index (χ1v) is 13.1. The van der Waals surface area contributed by atoms with Gasteiger partial charge in [-0.1, -0.05) is 29.4 Å². The predicted molar refractivity (Wildman–Crippen MR) is 143 cm³/mol. The molecule has 5 rings (SSSR count). The molecule has 2 aliphatic rings. The fourth-order valence-corrected chi connectivity index (χ4v) is 5.08. The van der Waals surface area contributed by atoms with E-state index in [0.717, 1.165) is 34.4 Å². The monoisotopic (exact) mass is 517 g/mol. The molecule has 1 aromatic heterocycles. The standard InChI is InChI=1S/C29H35N5O4/c1-17-31-27(38-33-17)24-14-23(24)26(35)30-15-19-9-10-21(18-7-6-8-20(13-18)37-5)22-11-12-34(16-25(19)22)28(36)32-29(2,3)4/h6-10,13,23-24H,11-12,14-16H2,1-5H3,(H,30,35)(H,32,36)/t23-,24+/m0/s1. The summed E-state index contributed by atoms with van der Waals surface area (Å²) in [4.78, 5) is 32.1. The van der Waals surface area contributed by atoms with Gasteiger partial charge in [0.05, 0.1) is 18.9 Å². The highest BCUT2D eigenvalue weighted by Gasteiger charge is 2.47. The number of nitrogens with zero attached hydrogens (tertiary/aromatic N) is 3. The third-order valence-corrected chi connectivity index (χ3v) is 7.10. The van der Waals surface area contributed by atoms with Crippen LogP contribution in [0.4, 0.5) is 4.79 Å². The second-order valence-electron chi connectivity index (χ2n) is 11.2. The Hall–Kier alpha value is -3.88. The number of carbonyl (C=O) groups excluding carboxylic acids is 2. The Kier molecular flexibility index (Phi) is 6.86. The number of aromatic nitrogens is 2. The van der Waals surface area contributed by atoms with Crippen molar-refractivity contribution >= 4 is 11.9 Å². The molecule has 200 valence electrons. The summed E-state index contributed by atoms with van der Waals surface area (Å²) in [7, 11) is 1.66. The summed E-state index contributed by atoms with van der Waals surface area (Å²) in [5.74, 6) is 1.71. The maximum atomic E-state index is 13.0. The topological polar surface area (TPSA) is 110 Å². The van der Waals surface area contributed by atoms with Crippen LogP contribution >= 0.6 is 0 Å². The average Bonchev–Trinajstić information content (AvgIpc) is 3.58. The molecule has 2 aromatic carbocycles. The molecule has 0 saturated heterocycles. The minimum absolute atomic E-state index is 0.0165. The van der Waals surface area contributed by atoms with Gasteiger partial charge in [-0.15, -0.1) is 0 Å². The van der Waals surface area contributed by atoms with Crippen LogP contribution in [-0.4, -0.2) is 46.2 Å². The zero-order valence-corrected chi connectivity index (χ0v) is 22.6. The van der Waals surface area contributed by atoms with Gasteiger partial charge in [0, 0.05) is 25.2 Å². The van der Waals surface area contributed by atoms with E-state index in [9.17, 15) is 9.59 Å². The lowest BCUT2D eigenvalue weighted by Gasteiger charge is -2.34. The molecule has 9 heteroatoms. The quantitative estimate of drug-likeness (QED) is 0.503. The summed E-state index contributed by atoms with van der Waals surface area (Å²) in [5.41, 5.74) is 5.17. The van der Waals surface area contributed by atoms with Gasteiger partial charge in [-0.2, -0.15) is 4.98 Å². The number of hydrogen-bond acceptors (Lipinski definition) is 6. The molecule has 0 spiro atoms. The fraction of sp³-hybridized carbons (Fsp3) is 0.448. The Bertz CT molecular complexity index is 1360. The number of rotatable bonds is 6. The summed E-state index contributed by atoms with van der Waals surface area (Å²) < 4.78 is 10.7. The van der Waals surface area contributed by atoms with Gasteiger partial charge in [0.2, 0.25) is 11.8 Å². The second kappa shape index (κ2) is 10.1. The summed E-state index contributed by atoms with van der Waals surface area (Å²) in [5, 5.41) is 10.0. The highest BCUT2D eigenvalue weighted by molar-refractivity contribution is 5.83. The molecule has 9 nitrogen and oxygen atoms in total. The van der Waals surface area contributed by atoms with Crippen LogP contribution in [-0.2, 0) is 24.3 Å². The van der Waals surface area contributed by atoms with E-state index in [-0.39, 0.29) is 29.3 Å². The normalized spacial score (nSPS) is 18.5. The predicted octanol–water partition coefficient (Wildman–Crippen LogP) is 4.34. The van der Waals surface area contributed by atoms with Crippen molar-refractivity contribution in [1.29, 1.82) is 0 Å². The molecule has 2 N–H and O–H groups in total. The minimum Gasteiger partial charge on any atom is -0.497 e. The number of aryl methyl sites for hydroxylation is 1. The van der Waals surface area contributed by atoms with Gasteiger partial charge in [0.25, 0.3) is 0 Å². The maximum absolute atomic E-state index is 13.0. The van der Waals surface area contributed by atoms with Crippen LogP contribution in [0.1, 0.15) is 61.5 Å². The minimum atomic E-state index is -0.325. The first-order chi connectivity index (χ1) is 18.1. The van der Waals surface area contributed by atoms with Gasteiger partial charge in [0.15, 0.2) is 5.82 Å². The van der Waals surface area contributed by atoms with Gasteiger partial charge < -0.3 is 24.8 Å². The third kappa shape index (κ3) is 5.51. The number of urea groups is 1. The molecule has 1 aliphatic carbocycles. The average molecular weight is 518 g/mol. The smallest absolute Gasteiger partial charge is 0.318 e. The van der Waals surface area contributed by atoms with Crippen molar-refractivity contribution in [3.63, 3.8) is 0 Å². The maximum Gasteiger partial charge on any atom is 0.318 e. The second-order valence-corrected chi connectivity index (χ2v) is 11.2. The molecule has 3 amide bonds. The summed E-state index contributed by atoms with van der Waals surface area (Å²) in [6.07, 6.45) is 1.43. The first kappa shape index (κ1) is 25.8. The van der Waals surface area contributed by atoms with Crippen LogP contribution in [0.25, 0.3) is 11.1 Å². The highest BCUT2D eigenvalue weighted by Crippen LogP contribution is 2.46. The number of amides is 3. The van der Waals surface area contributed by atoms with E-state index < -0.39 is 0 Å². The SMILES string of the molecule is COc1cccc(-c2ccc(CNC(=O)[C@H]3C[C@H]3c3nc(C)no3)c3c2CCN(C(=O)NC(C)(C)C)C3)c1. The first-order valence-electron chi connectivity index (χ1n) is 13.1. The number of methoxy groups -OCH3 is 1. The van der Waals surface area contributed by atoms with Crippen molar-refractivity contribution in [2.24, 2.45) is 5.92 Å². The number of carbonyl (C=O) groups is 2. The molecule has 0 unspecified atom stereocenters. The van der Waals surface area contributed by atoms with E-state index in [1.54, 1.807) is 14.0 Å². The van der Waals surface area contributed by atoms with E-state index in [2.05, 4.69) is 39.0 Å². The van der Waals surface area contributed by atoms with Crippen molar-refractivity contribution < 1.29 is 18.8 Å². The molecule has 1 saturated carbocycles. The number of ether oxygens (including phenoxy) is 1. The zero-order chi connectivity index (χ0) is 27.0. The molecule has 2 heterocycles. The molecule has 0 bridgehead atoms. The van der Waals surface area contributed by atoms with Crippen LogP contribution < -0.4 is 15.4 Å². The molecule has 1 fully saturated rings. The number of fused-ring (bicyclic) bond motifs is 1. The van der Waals surface area contributed by atoms with Gasteiger partial charge in [0.1, 0.15) is 5.75 Å². The van der Waals surface area contributed by atoms with Crippen molar-refractivity contribution in [1.82, 2.24) is 25.7 Å². The Balaban J connectivity index is 1.38. The molecule has 1 aliphatic heterocycles. The van der Waals surface area contributed by atoms with E-state index >= 15 is 0 Å². The van der Waals surface area contributed by atoms with Gasteiger partial charge in [-0.05, 0) is 80.5 Å². The van der Waals surface area contributed by atoms with Gasteiger partial charge in [-0.25, -0.2) is 4.79 Å². The lowest BCUT2D eigenvalue weighted by molar-refractivity contribution is -0.122. The number of benzene rings is 2. The molecular formula is C29H35N5O4. The molecule has 3 aromatic rings. The van der Waals surface area contributed by atoms with Crippen molar-refractivity contribution in [3.8, 4) is 16.9 Å². The van der Waals surface area contributed by atoms with Crippen LogP contribution in [0.3, 0.4) is 0 Å². The van der Waals surface area contributed by atoms with Crippen LogP contribution in [0.15, 0.2) is 40.9 Å². The van der Waals surface area contributed by atoms with Crippen molar-refractivity contribution in [3.05, 3.63) is 64.8 Å². The van der Waals surface area contributed by atoms with E-state index in [1.807, 2.05) is 43.9 Å². The molecular weight excluding hydrogens is 482 g/mol. The van der Waals surface area contributed by atoms with Crippen LogP contribution in [0.5, 0.6) is 5.75 Å². The van der Waals surface area contributed by atoms with E-state index in [4.69, 9.17) is 9.26 Å². The summed E-state index contributed by atoms with van der Waals surface area (Å²) in [6.45, 7) is 9.19. The lowest BCUT2D eigenvalue weighted by atomic mass is 9.87. The van der Waals surface area contributed by atoms with Crippen molar-refractivity contribution in [2.75, 3.05) is 13.7 Å². The third-order valence-electron chi connectivity index (χ3n) is 7.10. The van der Waals surface area contributed by atoms with Crippen molar-refractivity contribution in [2.45, 2.75) is 65.1 Å². The van der Waals surface area contributed by atoms with Crippen LogP contribution in [0.2, 0.25) is 0 Å². The van der Waals surface area contributed by atoms with E-state index in [0.29, 0.717) is 37.8 Å². The Morgan fingerprint density at radius 1 is 1.18 bits per heavy atom. The van der Waals surface area contributed by atoms with E-state index in [1.165, 1.54) is 5.56 Å². The lowest BCUT2D eigenvalue weighted by Crippen LogP contribution is -2.50. The Morgan fingerprint density at radius 2 is 2.00 bits per heavy atom.